The van der Waals surface area contributed by atoms with E-state index < -0.39 is 23.0 Å². The fourth-order valence-electron chi connectivity index (χ4n) is 1.40. The lowest BCUT2D eigenvalue weighted by molar-refractivity contribution is 0.229. The smallest absolute Gasteiger partial charge is 0.161 e. The van der Waals surface area contributed by atoms with Crippen molar-refractivity contribution in [3.8, 4) is 0 Å². The molecule has 1 aromatic rings. The lowest BCUT2D eigenvalue weighted by Crippen LogP contribution is -2.39. The van der Waals surface area contributed by atoms with E-state index in [1.807, 2.05) is 13.8 Å². The van der Waals surface area contributed by atoms with Crippen molar-refractivity contribution in [2.45, 2.75) is 32.4 Å². The van der Waals surface area contributed by atoms with Crippen molar-refractivity contribution in [3.63, 3.8) is 0 Å². The molecule has 0 saturated heterocycles. The minimum absolute atomic E-state index is 0.000259. The van der Waals surface area contributed by atoms with E-state index in [0.29, 0.717) is 12.5 Å². The summed E-state index contributed by atoms with van der Waals surface area (Å²) < 4.78 is 38.9. The molecule has 96 valence electrons. The van der Waals surface area contributed by atoms with Gasteiger partial charge in [-0.25, -0.2) is 13.2 Å². The molecule has 0 heterocycles. The SMILES string of the molecule is CC(C)(CCO)NCc1cc(F)c(F)cc1F. The third kappa shape index (κ3) is 4.02. The summed E-state index contributed by atoms with van der Waals surface area (Å²) in [5.74, 6) is -3.04. The van der Waals surface area contributed by atoms with E-state index in [9.17, 15) is 13.2 Å². The monoisotopic (exact) mass is 247 g/mol. The molecule has 2 N–H and O–H groups in total. The summed E-state index contributed by atoms with van der Waals surface area (Å²) >= 11 is 0. The molecule has 0 aliphatic rings. The number of aliphatic hydroxyl groups excluding tert-OH is 1. The van der Waals surface area contributed by atoms with E-state index in [1.165, 1.54) is 0 Å². The zero-order valence-electron chi connectivity index (χ0n) is 9.86. The Morgan fingerprint density at radius 1 is 1.12 bits per heavy atom. The molecule has 5 heteroatoms. The first-order chi connectivity index (χ1) is 7.85. The van der Waals surface area contributed by atoms with Gasteiger partial charge in [0, 0.05) is 30.3 Å². The Kier molecular flexibility index (Phi) is 4.54. The van der Waals surface area contributed by atoms with Crippen LogP contribution >= 0.6 is 0 Å². The minimum Gasteiger partial charge on any atom is -0.396 e. The number of halogens is 3. The number of benzene rings is 1. The lowest BCUT2D eigenvalue weighted by atomic mass is 10.0. The van der Waals surface area contributed by atoms with Crippen molar-refractivity contribution in [2.24, 2.45) is 0 Å². The molecule has 0 radical (unpaired) electrons. The molecule has 2 nitrogen and oxygen atoms in total. The zero-order valence-corrected chi connectivity index (χ0v) is 9.86. The third-order valence-corrected chi connectivity index (χ3v) is 2.58. The van der Waals surface area contributed by atoms with Crippen molar-refractivity contribution >= 4 is 0 Å². The van der Waals surface area contributed by atoms with E-state index in [4.69, 9.17) is 5.11 Å². The molecular weight excluding hydrogens is 231 g/mol. The van der Waals surface area contributed by atoms with Gasteiger partial charge in [0.15, 0.2) is 11.6 Å². The van der Waals surface area contributed by atoms with Crippen molar-refractivity contribution in [3.05, 3.63) is 35.1 Å². The molecule has 1 rings (SSSR count). The highest BCUT2D eigenvalue weighted by Crippen LogP contribution is 2.15. The van der Waals surface area contributed by atoms with E-state index in [-0.39, 0.29) is 18.7 Å². The standard InChI is InChI=1S/C12H16F3NO/c1-12(2,3-4-17)16-7-8-5-10(14)11(15)6-9(8)13/h5-6,16-17H,3-4,7H2,1-2H3. The summed E-state index contributed by atoms with van der Waals surface area (Å²) in [6.07, 6.45) is 0.484. The minimum atomic E-state index is -1.19. The van der Waals surface area contributed by atoms with E-state index in [1.54, 1.807) is 0 Å². The summed E-state index contributed by atoms with van der Waals surface area (Å²) in [6.45, 7) is 3.75. The van der Waals surface area contributed by atoms with Crippen LogP contribution in [-0.2, 0) is 6.54 Å². The molecule has 0 aromatic heterocycles. The molecular formula is C12H16F3NO. The lowest BCUT2D eigenvalue weighted by Gasteiger charge is -2.25. The molecule has 0 fully saturated rings. The summed E-state index contributed by atoms with van der Waals surface area (Å²) in [6, 6.07) is 1.37. The molecule has 0 atom stereocenters. The van der Waals surface area contributed by atoms with Gasteiger partial charge in [-0.3, -0.25) is 0 Å². The van der Waals surface area contributed by atoms with Gasteiger partial charge in [0.2, 0.25) is 0 Å². The van der Waals surface area contributed by atoms with Crippen LogP contribution in [0.4, 0.5) is 13.2 Å². The predicted octanol–water partition coefficient (Wildman–Crippen LogP) is 2.35. The summed E-state index contributed by atoms with van der Waals surface area (Å²) in [4.78, 5) is 0. The Balaban J connectivity index is 2.73. The summed E-state index contributed by atoms with van der Waals surface area (Å²) in [7, 11) is 0. The second-order valence-corrected chi connectivity index (χ2v) is 4.57. The number of aliphatic hydroxyl groups is 1. The van der Waals surface area contributed by atoms with Gasteiger partial charge in [0.25, 0.3) is 0 Å². The van der Waals surface area contributed by atoms with Gasteiger partial charge in [-0.1, -0.05) is 0 Å². The molecule has 17 heavy (non-hydrogen) atoms. The van der Waals surface area contributed by atoms with Gasteiger partial charge in [-0.05, 0) is 26.3 Å². The van der Waals surface area contributed by atoms with Crippen LogP contribution in [0.5, 0.6) is 0 Å². The second kappa shape index (κ2) is 5.51. The fourth-order valence-corrected chi connectivity index (χ4v) is 1.40. The van der Waals surface area contributed by atoms with Crippen molar-refractivity contribution in [1.29, 1.82) is 0 Å². The quantitative estimate of drug-likeness (QED) is 0.783. The highest BCUT2D eigenvalue weighted by Gasteiger charge is 2.17. The van der Waals surface area contributed by atoms with Crippen LogP contribution in [0.1, 0.15) is 25.8 Å². The third-order valence-electron chi connectivity index (χ3n) is 2.58. The zero-order chi connectivity index (χ0) is 13.1. The highest BCUT2D eigenvalue weighted by molar-refractivity contribution is 5.20. The van der Waals surface area contributed by atoms with Crippen molar-refractivity contribution in [2.75, 3.05) is 6.61 Å². The van der Waals surface area contributed by atoms with Gasteiger partial charge in [0.1, 0.15) is 5.82 Å². The number of hydrogen-bond acceptors (Lipinski definition) is 2. The maximum atomic E-state index is 13.3. The van der Waals surface area contributed by atoms with Crippen LogP contribution in [-0.4, -0.2) is 17.3 Å². The number of rotatable bonds is 5. The molecule has 0 bridgehead atoms. The van der Waals surface area contributed by atoms with Crippen molar-refractivity contribution < 1.29 is 18.3 Å². The van der Waals surface area contributed by atoms with Gasteiger partial charge < -0.3 is 10.4 Å². The van der Waals surface area contributed by atoms with Crippen LogP contribution in [0.3, 0.4) is 0 Å². The molecule has 0 spiro atoms. The Labute approximate surface area is 98.5 Å². The predicted molar refractivity (Wildman–Crippen MR) is 58.9 cm³/mol. The Morgan fingerprint density at radius 3 is 2.29 bits per heavy atom. The summed E-state index contributed by atoms with van der Waals surface area (Å²) in [5, 5.41) is 11.8. The number of hydrogen-bond donors (Lipinski definition) is 2. The Morgan fingerprint density at radius 2 is 1.71 bits per heavy atom. The maximum absolute atomic E-state index is 13.3. The van der Waals surface area contributed by atoms with Gasteiger partial charge >= 0.3 is 0 Å². The Hall–Kier alpha value is -1.07. The molecule has 0 unspecified atom stereocenters. The Bertz CT molecular complexity index is 394. The van der Waals surface area contributed by atoms with Crippen LogP contribution in [0.2, 0.25) is 0 Å². The summed E-state index contributed by atoms with van der Waals surface area (Å²) in [5.41, 5.74) is -0.332. The maximum Gasteiger partial charge on any atom is 0.161 e. The highest BCUT2D eigenvalue weighted by atomic mass is 19.2. The van der Waals surface area contributed by atoms with Crippen LogP contribution in [0, 0.1) is 17.5 Å². The largest absolute Gasteiger partial charge is 0.396 e. The van der Waals surface area contributed by atoms with Crippen LogP contribution in [0.25, 0.3) is 0 Å². The molecule has 0 saturated carbocycles. The van der Waals surface area contributed by atoms with Gasteiger partial charge in [-0.15, -0.1) is 0 Å². The first kappa shape index (κ1) is 14.0. The van der Waals surface area contributed by atoms with Crippen molar-refractivity contribution in [1.82, 2.24) is 5.32 Å². The van der Waals surface area contributed by atoms with Gasteiger partial charge in [-0.2, -0.15) is 0 Å². The fraction of sp³-hybridized carbons (Fsp3) is 0.500. The first-order valence-electron chi connectivity index (χ1n) is 5.35. The van der Waals surface area contributed by atoms with E-state index >= 15 is 0 Å². The molecule has 1 aromatic carbocycles. The second-order valence-electron chi connectivity index (χ2n) is 4.57. The van der Waals surface area contributed by atoms with E-state index in [2.05, 4.69) is 5.32 Å². The molecule has 0 aliphatic heterocycles. The normalized spacial score (nSPS) is 11.9. The molecule has 0 aliphatic carbocycles. The van der Waals surface area contributed by atoms with E-state index in [0.717, 1.165) is 6.07 Å². The first-order valence-corrected chi connectivity index (χ1v) is 5.35. The average molecular weight is 247 g/mol. The average Bonchev–Trinajstić information content (AvgIpc) is 2.21. The molecule has 0 amide bonds. The van der Waals surface area contributed by atoms with Crippen LogP contribution < -0.4 is 5.32 Å². The topological polar surface area (TPSA) is 32.3 Å². The number of nitrogens with one attached hydrogen (secondary N) is 1. The van der Waals surface area contributed by atoms with Crippen LogP contribution in [0.15, 0.2) is 12.1 Å². The van der Waals surface area contributed by atoms with Gasteiger partial charge in [0.05, 0.1) is 0 Å².